The third-order valence-electron chi connectivity index (χ3n) is 14.2. The van der Waals surface area contributed by atoms with Crippen molar-refractivity contribution in [2.45, 2.75) is 24.7 Å². The lowest BCUT2D eigenvalue weighted by Crippen LogP contribution is -2.14. The first-order valence-corrected chi connectivity index (χ1v) is 23.6. The molecule has 0 bridgehead atoms. The van der Waals surface area contributed by atoms with Gasteiger partial charge in [-0.25, -0.2) is 0 Å². The highest BCUT2D eigenvalue weighted by atomic mass is 16.5. The van der Waals surface area contributed by atoms with E-state index in [1.54, 1.807) is 0 Å². The number of hydrogen-bond acceptors (Lipinski definition) is 5. The summed E-state index contributed by atoms with van der Waals surface area (Å²) in [6.07, 6.45) is 1.21. The molecule has 4 heterocycles. The number of para-hydroxylation sites is 4. The maximum Gasteiger partial charge on any atom is 0.142 e. The lowest BCUT2D eigenvalue weighted by atomic mass is 9.78. The topological polar surface area (TPSA) is 46.2 Å². The Bertz CT molecular complexity index is 3430. The Morgan fingerprint density at radius 1 is 0.290 bits per heavy atom. The summed E-state index contributed by atoms with van der Waals surface area (Å²) in [6.45, 7) is 0. The van der Waals surface area contributed by atoms with E-state index in [1.165, 1.54) is 11.1 Å². The molecule has 69 heavy (non-hydrogen) atoms. The quantitative estimate of drug-likeness (QED) is 0.166. The van der Waals surface area contributed by atoms with Crippen molar-refractivity contribution in [3.8, 4) is 79.7 Å². The van der Waals surface area contributed by atoms with Crippen LogP contribution in [0.3, 0.4) is 0 Å². The zero-order chi connectivity index (χ0) is 45.4. The fourth-order valence-corrected chi connectivity index (χ4v) is 11.1. The number of ether oxygens (including phenoxy) is 5. The van der Waals surface area contributed by atoms with Crippen LogP contribution in [-0.4, -0.2) is 0 Å². The Balaban J connectivity index is 1.03. The maximum atomic E-state index is 7.94. The second kappa shape index (κ2) is 15.9. The molecule has 0 N–H and O–H groups in total. The van der Waals surface area contributed by atoms with Gasteiger partial charge in [0.05, 0.1) is 0 Å². The second-order valence-electron chi connectivity index (χ2n) is 18.1. The lowest BCUT2D eigenvalue weighted by molar-refractivity contribution is 0.425. The first kappa shape index (κ1) is 39.4. The Kier molecular flexibility index (Phi) is 9.09. The van der Waals surface area contributed by atoms with Gasteiger partial charge in [-0.1, -0.05) is 158 Å². The molecule has 0 saturated carbocycles. The SMILES string of the molecule is c1ccc(C2c3ccccc3Oc3cccc(-c4ccc5c(c4Oc4c(-c6cccc7c6C(c6ccccc6)c6ccccc6O7)ccc6c4Cc4ccccc4O6)Cc4ccccc4O5)c32)cc1. The van der Waals surface area contributed by atoms with E-state index in [0.717, 1.165) is 124 Å². The minimum atomic E-state index is -0.109. The van der Waals surface area contributed by atoms with Crippen molar-refractivity contribution in [1.82, 2.24) is 0 Å². The summed E-state index contributed by atoms with van der Waals surface area (Å²) in [5.74, 6) is 7.79. The number of benzene rings is 10. The van der Waals surface area contributed by atoms with Gasteiger partial charge in [-0.2, -0.15) is 0 Å². The average Bonchev–Trinajstić information content (AvgIpc) is 3.41. The van der Waals surface area contributed by atoms with E-state index in [9.17, 15) is 0 Å². The Labute approximate surface area is 400 Å². The van der Waals surface area contributed by atoms with Crippen LogP contribution < -0.4 is 23.7 Å². The van der Waals surface area contributed by atoms with Crippen LogP contribution in [0.2, 0.25) is 0 Å². The van der Waals surface area contributed by atoms with Crippen LogP contribution in [0.4, 0.5) is 0 Å². The van der Waals surface area contributed by atoms with Crippen LogP contribution in [-0.2, 0) is 12.8 Å². The Morgan fingerprint density at radius 2 is 0.667 bits per heavy atom. The van der Waals surface area contributed by atoms with Crippen LogP contribution in [0.25, 0.3) is 22.3 Å². The third-order valence-corrected chi connectivity index (χ3v) is 14.2. The largest absolute Gasteiger partial charge is 0.457 e. The number of hydrogen-bond donors (Lipinski definition) is 0. The predicted molar refractivity (Wildman–Crippen MR) is 270 cm³/mol. The summed E-state index contributed by atoms with van der Waals surface area (Å²) < 4.78 is 35.2. The van der Waals surface area contributed by atoms with Crippen LogP contribution in [0.15, 0.2) is 218 Å². The van der Waals surface area contributed by atoms with Crippen molar-refractivity contribution in [3.63, 3.8) is 0 Å². The van der Waals surface area contributed by atoms with Gasteiger partial charge < -0.3 is 23.7 Å². The highest BCUT2D eigenvalue weighted by molar-refractivity contribution is 5.86. The van der Waals surface area contributed by atoms with E-state index in [-0.39, 0.29) is 11.8 Å². The summed E-state index contributed by atoms with van der Waals surface area (Å²) >= 11 is 0. The molecule has 0 aromatic heterocycles. The van der Waals surface area contributed by atoms with E-state index >= 15 is 0 Å². The minimum absolute atomic E-state index is 0.109. The molecule has 0 aliphatic carbocycles. The normalized spacial score (nSPS) is 15.3. The molecule has 0 amide bonds. The standard InChI is InChI=1S/C64H42O5/c1-3-17-39(18-4-1)59-47-23-9-13-29-53(47)67-57-31-15-25-43(61(57)59)45-33-35-55-49(37-41-21-7-11-27-51(41)65-55)63(45)69-64-46(34-36-56-50(64)38-42-22-8-12-28-52(42)66-56)44-26-16-32-58-62(44)60(40-19-5-2-6-20-40)48-24-10-14-30-54(48)68-58/h1-36,59-60H,37-38H2. The maximum absolute atomic E-state index is 7.94. The van der Waals surface area contributed by atoms with Gasteiger partial charge in [0.2, 0.25) is 0 Å². The van der Waals surface area contributed by atoms with Gasteiger partial charge in [-0.3, -0.25) is 0 Å². The Hall–Kier alpha value is -8.80. The van der Waals surface area contributed by atoms with Gasteiger partial charge in [0.1, 0.15) is 57.5 Å². The van der Waals surface area contributed by atoms with Gasteiger partial charge in [-0.15, -0.1) is 0 Å². The molecule has 14 rings (SSSR count). The van der Waals surface area contributed by atoms with Crippen molar-refractivity contribution in [3.05, 3.63) is 274 Å². The molecule has 2 unspecified atom stereocenters. The molecule has 328 valence electrons. The van der Waals surface area contributed by atoms with Gasteiger partial charge >= 0.3 is 0 Å². The van der Waals surface area contributed by atoms with Crippen molar-refractivity contribution in [2.24, 2.45) is 0 Å². The van der Waals surface area contributed by atoms with Crippen LogP contribution in [0, 0.1) is 0 Å². The van der Waals surface area contributed by atoms with Crippen LogP contribution >= 0.6 is 0 Å². The summed E-state index contributed by atoms with van der Waals surface area (Å²) in [5, 5.41) is 0. The zero-order valence-corrected chi connectivity index (χ0v) is 37.4. The molecule has 5 heteroatoms. The van der Waals surface area contributed by atoms with Crippen LogP contribution in [0.1, 0.15) is 67.5 Å². The van der Waals surface area contributed by atoms with Gasteiger partial charge in [-0.05, 0) is 94.0 Å². The summed E-state index contributed by atoms with van der Waals surface area (Å²) in [4.78, 5) is 0. The van der Waals surface area contributed by atoms with Crippen molar-refractivity contribution < 1.29 is 23.7 Å². The van der Waals surface area contributed by atoms with E-state index < -0.39 is 0 Å². The number of rotatable bonds is 6. The molecule has 0 radical (unpaired) electrons. The molecular formula is C64H42O5. The molecule has 4 aliphatic heterocycles. The highest BCUT2D eigenvalue weighted by Gasteiger charge is 2.36. The van der Waals surface area contributed by atoms with Crippen LogP contribution in [0.5, 0.6) is 57.5 Å². The first-order valence-electron chi connectivity index (χ1n) is 23.6. The third kappa shape index (κ3) is 6.46. The van der Waals surface area contributed by atoms with E-state index in [4.69, 9.17) is 23.7 Å². The van der Waals surface area contributed by atoms with Crippen molar-refractivity contribution >= 4 is 0 Å². The molecule has 2 atom stereocenters. The zero-order valence-electron chi connectivity index (χ0n) is 37.4. The fraction of sp³-hybridized carbons (Fsp3) is 0.0625. The molecule has 10 aromatic carbocycles. The summed E-state index contributed by atoms with van der Waals surface area (Å²) in [5.41, 5.74) is 14.8. The molecule has 4 aliphatic rings. The monoisotopic (exact) mass is 890 g/mol. The van der Waals surface area contributed by atoms with E-state index in [0.29, 0.717) is 12.8 Å². The smallest absolute Gasteiger partial charge is 0.142 e. The number of fused-ring (bicyclic) bond motifs is 8. The van der Waals surface area contributed by atoms with Crippen molar-refractivity contribution in [1.29, 1.82) is 0 Å². The average molecular weight is 891 g/mol. The van der Waals surface area contributed by atoms with Gasteiger partial charge in [0.15, 0.2) is 0 Å². The molecule has 0 fully saturated rings. The first-order chi connectivity index (χ1) is 34.2. The van der Waals surface area contributed by atoms with Gasteiger partial charge in [0.25, 0.3) is 0 Å². The molecule has 0 spiro atoms. The Morgan fingerprint density at radius 3 is 1.13 bits per heavy atom. The van der Waals surface area contributed by atoms with Gasteiger partial charge in [0, 0.05) is 69.2 Å². The fourth-order valence-electron chi connectivity index (χ4n) is 11.1. The minimum Gasteiger partial charge on any atom is -0.457 e. The molecular weight excluding hydrogens is 849 g/mol. The molecule has 0 saturated heterocycles. The van der Waals surface area contributed by atoms with E-state index in [1.807, 2.05) is 36.4 Å². The highest BCUT2D eigenvalue weighted by Crippen LogP contribution is 2.58. The second-order valence-corrected chi connectivity index (χ2v) is 18.1. The predicted octanol–water partition coefficient (Wildman–Crippen LogP) is 16.8. The summed E-state index contributed by atoms with van der Waals surface area (Å²) in [6, 6.07) is 76.2. The van der Waals surface area contributed by atoms with Crippen molar-refractivity contribution in [2.75, 3.05) is 0 Å². The molecule has 5 nitrogen and oxygen atoms in total. The van der Waals surface area contributed by atoms with E-state index in [2.05, 4.69) is 182 Å². The molecule has 10 aromatic rings. The lowest BCUT2D eigenvalue weighted by Gasteiger charge is -2.33. The summed E-state index contributed by atoms with van der Waals surface area (Å²) in [7, 11) is 0.